The number of anilines is 1. The highest BCUT2D eigenvalue weighted by Gasteiger charge is 2.06. The molecule has 6 heteroatoms. The van der Waals surface area contributed by atoms with Crippen LogP contribution in [0.5, 0.6) is 12.0 Å². The van der Waals surface area contributed by atoms with E-state index in [1.54, 1.807) is 7.05 Å². The van der Waals surface area contributed by atoms with Crippen molar-refractivity contribution in [2.45, 2.75) is 13.3 Å². The van der Waals surface area contributed by atoms with Crippen LogP contribution in [0.1, 0.15) is 13.3 Å². The van der Waals surface area contributed by atoms with E-state index in [1.165, 1.54) is 0 Å². The van der Waals surface area contributed by atoms with Gasteiger partial charge in [-0.1, -0.05) is 0 Å². The van der Waals surface area contributed by atoms with Gasteiger partial charge >= 0.3 is 12.0 Å². The predicted octanol–water partition coefficient (Wildman–Crippen LogP) is 0.714. The first-order valence-electron chi connectivity index (χ1n) is 4.93. The molecule has 0 fully saturated rings. The van der Waals surface area contributed by atoms with Gasteiger partial charge in [-0.05, 0) is 6.92 Å². The molecule has 0 aromatic carbocycles. The summed E-state index contributed by atoms with van der Waals surface area (Å²) in [5.41, 5.74) is 0. The summed E-state index contributed by atoms with van der Waals surface area (Å²) in [7, 11) is 1.70. The number of nitrogens with one attached hydrogen (secondary N) is 1. The highest BCUT2D eigenvalue weighted by atomic mass is 16.5. The van der Waals surface area contributed by atoms with E-state index >= 15 is 0 Å². The zero-order valence-electron chi connectivity index (χ0n) is 9.36. The summed E-state index contributed by atoms with van der Waals surface area (Å²) >= 11 is 0. The van der Waals surface area contributed by atoms with Gasteiger partial charge in [0.05, 0.1) is 6.61 Å². The average Bonchev–Trinajstić information content (AvgIpc) is 2.29. The molecule has 0 saturated carbocycles. The van der Waals surface area contributed by atoms with E-state index in [-0.39, 0.29) is 12.0 Å². The number of hydrogen-bond donors (Lipinski definition) is 1. The molecule has 1 aromatic heterocycles. The maximum atomic E-state index is 5.25. The molecule has 0 aliphatic carbocycles. The van der Waals surface area contributed by atoms with Crippen LogP contribution in [0, 0.1) is 12.3 Å². The highest BCUT2D eigenvalue weighted by Crippen LogP contribution is 2.12. The minimum absolute atomic E-state index is 0.207. The Labute approximate surface area is 94.4 Å². The Morgan fingerprint density at radius 2 is 1.94 bits per heavy atom. The third kappa shape index (κ3) is 3.61. The summed E-state index contributed by atoms with van der Waals surface area (Å²) < 4.78 is 10.4. The Hall–Kier alpha value is -2.03. The number of aromatic nitrogens is 3. The molecule has 16 heavy (non-hydrogen) atoms. The summed E-state index contributed by atoms with van der Waals surface area (Å²) in [6.45, 7) is 2.70. The quantitative estimate of drug-likeness (QED) is 0.565. The summed E-state index contributed by atoms with van der Waals surface area (Å²) in [4.78, 5) is 12.0. The summed E-state index contributed by atoms with van der Waals surface area (Å²) in [5.74, 6) is 2.86. The maximum Gasteiger partial charge on any atom is 0.324 e. The van der Waals surface area contributed by atoms with Crippen molar-refractivity contribution in [3.05, 3.63) is 0 Å². The minimum Gasteiger partial charge on any atom is -0.464 e. The molecular weight excluding hydrogens is 208 g/mol. The Morgan fingerprint density at radius 3 is 2.50 bits per heavy atom. The predicted molar refractivity (Wildman–Crippen MR) is 59.5 cm³/mol. The monoisotopic (exact) mass is 222 g/mol. The normalized spacial score (nSPS) is 9.31. The third-order valence-electron chi connectivity index (χ3n) is 1.57. The Kier molecular flexibility index (Phi) is 4.86. The summed E-state index contributed by atoms with van der Waals surface area (Å²) in [5, 5.41) is 2.79. The van der Waals surface area contributed by atoms with E-state index in [0.29, 0.717) is 25.6 Å². The van der Waals surface area contributed by atoms with Gasteiger partial charge in [-0.2, -0.15) is 9.97 Å². The van der Waals surface area contributed by atoms with E-state index in [2.05, 4.69) is 26.2 Å². The first-order chi connectivity index (χ1) is 7.80. The molecule has 0 bridgehead atoms. The van der Waals surface area contributed by atoms with E-state index in [1.807, 2.05) is 6.92 Å². The van der Waals surface area contributed by atoms with Crippen LogP contribution >= 0.6 is 0 Å². The second-order valence-corrected chi connectivity index (χ2v) is 2.71. The van der Waals surface area contributed by atoms with Crippen LogP contribution in [0.25, 0.3) is 0 Å². The molecule has 1 rings (SSSR count). The molecule has 1 N–H and O–H groups in total. The number of rotatable bonds is 6. The van der Waals surface area contributed by atoms with Crippen molar-refractivity contribution >= 4 is 5.95 Å². The van der Waals surface area contributed by atoms with Crippen molar-refractivity contribution in [2.75, 3.05) is 25.6 Å². The number of hydrogen-bond acceptors (Lipinski definition) is 6. The minimum atomic E-state index is 0.207. The van der Waals surface area contributed by atoms with Crippen LogP contribution < -0.4 is 14.8 Å². The SMILES string of the molecule is C#CCCOc1nc(NC)nc(OCC)n1. The van der Waals surface area contributed by atoms with Gasteiger partial charge in [0.2, 0.25) is 5.95 Å². The van der Waals surface area contributed by atoms with Crippen LogP contribution in [-0.4, -0.2) is 35.2 Å². The van der Waals surface area contributed by atoms with Crippen molar-refractivity contribution in [1.82, 2.24) is 15.0 Å². The van der Waals surface area contributed by atoms with Crippen LogP contribution in [0.2, 0.25) is 0 Å². The fourth-order valence-electron chi connectivity index (χ4n) is 0.909. The van der Waals surface area contributed by atoms with E-state index in [4.69, 9.17) is 15.9 Å². The molecule has 0 spiro atoms. The van der Waals surface area contributed by atoms with Crippen LogP contribution in [-0.2, 0) is 0 Å². The van der Waals surface area contributed by atoms with Crippen molar-refractivity contribution in [2.24, 2.45) is 0 Å². The molecule has 1 aromatic rings. The molecule has 0 aliphatic rings. The van der Waals surface area contributed by atoms with Crippen molar-refractivity contribution in [3.8, 4) is 24.4 Å². The lowest BCUT2D eigenvalue weighted by Crippen LogP contribution is -2.07. The van der Waals surface area contributed by atoms with Crippen LogP contribution in [0.4, 0.5) is 5.95 Å². The van der Waals surface area contributed by atoms with Crippen LogP contribution in [0.15, 0.2) is 0 Å². The van der Waals surface area contributed by atoms with Crippen molar-refractivity contribution in [3.63, 3.8) is 0 Å². The molecule has 6 nitrogen and oxygen atoms in total. The van der Waals surface area contributed by atoms with Gasteiger partial charge in [0.25, 0.3) is 0 Å². The zero-order chi connectivity index (χ0) is 11.8. The fraction of sp³-hybridized carbons (Fsp3) is 0.500. The Bertz CT molecular complexity index is 376. The first kappa shape index (κ1) is 12.0. The molecular formula is C10H14N4O2. The largest absolute Gasteiger partial charge is 0.464 e. The molecule has 86 valence electrons. The lowest BCUT2D eigenvalue weighted by Gasteiger charge is -2.06. The fourth-order valence-corrected chi connectivity index (χ4v) is 0.909. The third-order valence-corrected chi connectivity index (χ3v) is 1.57. The Morgan fingerprint density at radius 1 is 1.25 bits per heavy atom. The van der Waals surface area contributed by atoms with Gasteiger partial charge in [-0.3, -0.25) is 0 Å². The standard InChI is InChI=1S/C10H14N4O2/c1-4-6-7-16-10-13-8(11-3)12-9(14-10)15-5-2/h1H,5-7H2,2-3H3,(H,11,12,13,14). The smallest absolute Gasteiger partial charge is 0.324 e. The zero-order valence-corrected chi connectivity index (χ0v) is 9.36. The maximum absolute atomic E-state index is 5.25. The van der Waals surface area contributed by atoms with Gasteiger partial charge in [0.15, 0.2) is 0 Å². The number of ether oxygens (including phenoxy) is 2. The van der Waals surface area contributed by atoms with Gasteiger partial charge in [-0.15, -0.1) is 17.3 Å². The lowest BCUT2D eigenvalue weighted by molar-refractivity contribution is 0.274. The molecule has 0 atom stereocenters. The summed E-state index contributed by atoms with van der Waals surface area (Å²) in [6, 6.07) is 0.440. The molecule has 1 heterocycles. The van der Waals surface area contributed by atoms with E-state index in [9.17, 15) is 0 Å². The van der Waals surface area contributed by atoms with Gasteiger partial charge in [0, 0.05) is 13.5 Å². The highest BCUT2D eigenvalue weighted by molar-refractivity contribution is 5.26. The topological polar surface area (TPSA) is 69.2 Å². The van der Waals surface area contributed by atoms with Gasteiger partial charge in [-0.25, -0.2) is 0 Å². The van der Waals surface area contributed by atoms with Crippen molar-refractivity contribution in [1.29, 1.82) is 0 Å². The molecule has 0 aliphatic heterocycles. The second-order valence-electron chi connectivity index (χ2n) is 2.71. The average molecular weight is 222 g/mol. The molecule has 0 radical (unpaired) electrons. The number of nitrogens with zero attached hydrogens (tertiary/aromatic N) is 3. The van der Waals surface area contributed by atoms with Crippen LogP contribution in [0.3, 0.4) is 0 Å². The van der Waals surface area contributed by atoms with E-state index < -0.39 is 0 Å². The van der Waals surface area contributed by atoms with Crippen molar-refractivity contribution < 1.29 is 9.47 Å². The van der Waals surface area contributed by atoms with Gasteiger partial charge < -0.3 is 14.8 Å². The lowest BCUT2D eigenvalue weighted by atomic mass is 10.5. The first-order valence-corrected chi connectivity index (χ1v) is 4.93. The number of terminal acetylenes is 1. The molecule has 0 amide bonds. The second kappa shape index (κ2) is 6.45. The van der Waals surface area contributed by atoms with E-state index in [0.717, 1.165) is 0 Å². The summed E-state index contributed by atoms with van der Waals surface area (Å²) in [6.07, 6.45) is 5.61. The molecule has 0 unspecified atom stereocenters. The van der Waals surface area contributed by atoms with Gasteiger partial charge in [0.1, 0.15) is 6.61 Å². The Balaban J connectivity index is 2.74. The molecule has 0 saturated heterocycles.